The van der Waals surface area contributed by atoms with Gasteiger partial charge in [0.25, 0.3) is 0 Å². The number of nitrogens with zero attached hydrogens (tertiary/aromatic N) is 6. The largest absolute Gasteiger partial charge is 0.383 e. The molecule has 0 amide bonds. The Labute approximate surface area is 178 Å². The van der Waals surface area contributed by atoms with Crippen molar-refractivity contribution >= 4 is 23.0 Å². The van der Waals surface area contributed by atoms with Gasteiger partial charge in [0.15, 0.2) is 0 Å². The lowest BCUT2D eigenvalue weighted by atomic mass is 9.92. The maximum atomic E-state index is 5.11. The number of aromatic nitrogens is 6. The lowest BCUT2D eigenvalue weighted by Crippen LogP contribution is -2.08. The van der Waals surface area contributed by atoms with E-state index in [9.17, 15) is 0 Å². The summed E-state index contributed by atoms with van der Waals surface area (Å²) in [7, 11) is 3.70. The third-order valence-electron chi connectivity index (χ3n) is 5.34. The van der Waals surface area contributed by atoms with Crippen LogP contribution in [0.3, 0.4) is 0 Å². The van der Waals surface area contributed by atoms with Crippen molar-refractivity contribution in [3.8, 4) is 21.8 Å². The second kappa shape index (κ2) is 7.66. The predicted octanol–water partition coefficient (Wildman–Crippen LogP) is 3.60. The molecular formula is C21H23N7OS. The van der Waals surface area contributed by atoms with Gasteiger partial charge in [-0.15, -0.1) is 11.3 Å². The number of aryl methyl sites for hydroxylation is 4. The monoisotopic (exact) mass is 421 g/mol. The molecule has 0 bridgehead atoms. The lowest BCUT2D eigenvalue weighted by molar-refractivity contribution is 0.183. The van der Waals surface area contributed by atoms with E-state index in [-0.39, 0.29) is 0 Å². The minimum Gasteiger partial charge on any atom is -0.383 e. The summed E-state index contributed by atoms with van der Waals surface area (Å²) >= 11 is 1.74. The van der Waals surface area contributed by atoms with E-state index in [1.54, 1.807) is 24.6 Å². The van der Waals surface area contributed by atoms with Gasteiger partial charge in [-0.2, -0.15) is 10.2 Å². The Hall–Kier alpha value is -3.04. The summed E-state index contributed by atoms with van der Waals surface area (Å²) in [5.74, 6) is 0.561. The second-order valence-corrected chi connectivity index (χ2v) is 8.32. The molecule has 9 heteroatoms. The van der Waals surface area contributed by atoms with Crippen LogP contribution in [-0.2, 0) is 31.2 Å². The number of anilines is 2. The Morgan fingerprint density at radius 3 is 2.97 bits per heavy atom. The summed E-state index contributed by atoms with van der Waals surface area (Å²) in [5.41, 5.74) is 7.60. The number of methoxy groups -OCH3 is 1. The fourth-order valence-electron chi connectivity index (χ4n) is 3.86. The number of hydrogen-bond acceptors (Lipinski definition) is 7. The van der Waals surface area contributed by atoms with Crippen LogP contribution in [0.4, 0.5) is 11.6 Å². The second-order valence-electron chi connectivity index (χ2n) is 7.40. The Morgan fingerprint density at radius 1 is 1.27 bits per heavy atom. The van der Waals surface area contributed by atoms with E-state index in [4.69, 9.17) is 14.8 Å². The van der Waals surface area contributed by atoms with Gasteiger partial charge >= 0.3 is 0 Å². The Morgan fingerprint density at radius 2 is 2.17 bits per heavy atom. The lowest BCUT2D eigenvalue weighted by Gasteiger charge is -2.16. The highest BCUT2D eigenvalue weighted by Gasteiger charge is 2.28. The molecule has 0 unspecified atom stereocenters. The van der Waals surface area contributed by atoms with Crippen molar-refractivity contribution in [2.45, 2.75) is 26.3 Å². The molecule has 0 spiro atoms. The highest BCUT2D eigenvalue weighted by molar-refractivity contribution is 7.13. The molecule has 1 aliphatic rings. The van der Waals surface area contributed by atoms with E-state index < -0.39 is 0 Å². The van der Waals surface area contributed by atoms with Crippen LogP contribution in [-0.4, -0.2) is 43.2 Å². The molecule has 4 aromatic heterocycles. The van der Waals surface area contributed by atoms with Crippen molar-refractivity contribution in [2.24, 2.45) is 7.05 Å². The molecule has 0 atom stereocenters. The number of hydrogen-bond donors (Lipinski definition) is 1. The summed E-state index contributed by atoms with van der Waals surface area (Å²) in [6.07, 6.45) is 7.44. The van der Waals surface area contributed by atoms with E-state index in [1.807, 2.05) is 28.8 Å². The highest BCUT2D eigenvalue weighted by Crippen LogP contribution is 2.42. The van der Waals surface area contributed by atoms with Crippen LogP contribution in [0.5, 0.6) is 0 Å². The van der Waals surface area contributed by atoms with Gasteiger partial charge in [0, 0.05) is 26.6 Å². The van der Waals surface area contributed by atoms with E-state index in [2.05, 4.69) is 33.8 Å². The molecular weight excluding hydrogens is 398 g/mol. The van der Waals surface area contributed by atoms with Crippen molar-refractivity contribution in [2.75, 3.05) is 19.0 Å². The van der Waals surface area contributed by atoms with Crippen LogP contribution < -0.4 is 5.32 Å². The van der Waals surface area contributed by atoms with Crippen molar-refractivity contribution < 1.29 is 4.74 Å². The standard InChI is InChI=1S/C21H23N7OS/c1-13-6-9-30-20(13)19-17-16(26-27(19)2)5-4-14-10-22-21(25-18(14)17)24-15-11-23-28(12-15)7-8-29-3/h6,9-12H,4-5,7-8H2,1-3H3,(H,22,24,25). The Balaban J connectivity index is 1.52. The van der Waals surface area contributed by atoms with Gasteiger partial charge in [0.2, 0.25) is 5.95 Å². The zero-order valence-electron chi connectivity index (χ0n) is 17.2. The zero-order chi connectivity index (χ0) is 20.7. The number of nitrogens with one attached hydrogen (secondary N) is 1. The van der Waals surface area contributed by atoms with Crippen molar-refractivity contribution in [3.63, 3.8) is 0 Å². The van der Waals surface area contributed by atoms with Gasteiger partial charge in [-0.3, -0.25) is 9.36 Å². The molecule has 154 valence electrons. The summed E-state index contributed by atoms with van der Waals surface area (Å²) in [5, 5.41) is 14.6. The Bertz CT molecular complexity index is 1210. The molecule has 0 aromatic carbocycles. The molecule has 0 saturated heterocycles. The van der Waals surface area contributed by atoms with Gasteiger partial charge in [-0.1, -0.05) is 0 Å². The molecule has 0 fully saturated rings. The topological polar surface area (TPSA) is 82.7 Å². The summed E-state index contributed by atoms with van der Waals surface area (Å²) in [6, 6.07) is 2.15. The fraction of sp³-hybridized carbons (Fsp3) is 0.333. The third-order valence-corrected chi connectivity index (χ3v) is 6.37. The first-order chi connectivity index (χ1) is 14.6. The summed E-state index contributed by atoms with van der Waals surface area (Å²) in [4.78, 5) is 10.7. The minimum absolute atomic E-state index is 0.561. The minimum atomic E-state index is 0.561. The van der Waals surface area contributed by atoms with Gasteiger partial charge in [-0.25, -0.2) is 9.97 Å². The molecule has 8 nitrogen and oxygen atoms in total. The van der Waals surface area contributed by atoms with Crippen LogP contribution in [0.25, 0.3) is 21.8 Å². The molecule has 1 N–H and O–H groups in total. The first-order valence-corrected chi connectivity index (χ1v) is 10.8. The van der Waals surface area contributed by atoms with Crippen molar-refractivity contribution in [1.29, 1.82) is 0 Å². The van der Waals surface area contributed by atoms with Gasteiger partial charge in [0.1, 0.15) is 0 Å². The van der Waals surface area contributed by atoms with E-state index in [0.29, 0.717) is 19.1 Å². The van der Waals surface area contributed by atoms with Crippen molar-refractivity contribution in [3.05, 3.63) is 46.9 Å². The first kappa shape index (κ1) is 19.0. The predicted molar refractivity (Wildman–Crippen MR) is 117 cm³/mol. The zero-order valence-corrected chi connectivity index (χ0v) is 18.0. The number of thiophene rings is 1. The normalized spacial score (nSPS) is 12.6. The molecule has 4 heterocycles. The molecule has 30 heavy (non-hydrogen) atoms. The van der Waals surface area contributed by atoms with Gasteiger partial charge < -0.3 is 10.1 Å². The van der Waals surface area contributed by atoms with E-state index in [1.165, 1.54) is 10.4 Å². The Kier molecular flexibility index (Phi) is 4.84. The number of fused-ring (bicyclic) bond motifs is 3. The molecule has 5 rings (SSSR count). The maximum absolute atomic E-state index is 5.11. The average molecular weight is 422 g/mol. The van der Waals surface area contributed by atoms with Crippen LogP contribution in [0.15, 0.2) is 30.0 Å². The SMILES string of the molecule is COCCn1cc(Nc2ncc3c(n2)-c2c(nn(C)c2-c2sccc2C)CC3)cn1. The molecule has 4 aromatic rings. The number of ether oxygens (including phenoxy) is 1. The molecule has 0 aliphatic heterocycles. The number of rotatable bonds is 6. The average Bonchev–Trinajstić information content (AvgIpc) is 3.44. The smallest absolute Gasteiger partial charge is 0.227 e. The van der Waals surface area contributed by atoms with Crippen LogP contribution in [0.1, 0.15) is 16.8 Å². The van der Waals surface area contributed by atoms with Gasteiger partial charge in [0.05, 0.1) is 52.6 Å². The van der Waals surface area contributed by atoms with E-state index >= 15 is 0 Å². The summed E-state index contributed by atoms with van der Waals surface area (Å²) < 4.78 is 8.94. The van der Waals surface area contributed by atoms with E-state index in [0.717, 1.165) is 46.7 Å². The third kappa shape index (κ3) is 3.29. The van der Waals surface area contributed by atoms with Crippen LogP contribution >= 0.6 is 11.3 Å². The van der Waals surface area contributed by atoms with Gasteiger partial charge in [-0.05, 0) is 42.3 Å². The maximum Gasteiger partial charge on any atom is 0.227 e. The summed E-state index contributed by atoms with van der Waals surface area (Å²) in [6.45, 7) is 3.46. The highest BCUT2D eigenvalue weighted by atomic mass is 32.1. The molecule has 0 radical (unpaired) electrons. The van der Waals surface area contributed by atoms with Crippen LogP contribution in [0.2, 0.25) is 0 Å². The molecule has 0 saturated carbocycles. The quantitative estimate of drug-likeness (QED) is 0.512. The van der Waals surface area contributed by atoms with Crippen molar-refractivity contribution in [1.82, 2.24) is 29.5 Å². The molecule has 1 aliphatic carbocycles. The fourth-order valence-corrected chi connectivity index (χ4v) is 4.87. The van der Waals surface area contributed by atoms with Crippen LogP contribution in [0, 0.1) is 6.92 Å². The first-order valence-electron chi connectivity index (χ1n) is 9.89.